The zero-order valence-corrected chi connectivity index (χ0v) is 13.2. The van der Waals surface area contributed by atoms with Crippen LogP contribution in [0.3, 0.4) is 0 Å². The molecule has 2 aromatic rings. The number of nitrogens with one attached hydrogen (secondary N) is 1. The summed E-state index contributed by atoms with van der Waals surface area (Å²) in [6, 6.07) is 12.6. The Kier molecular flexibility index (Phi) is 4.04. The van der Waals surface area contributed by atoms with E-state index in [4.69, 9.17) is 11.6 Å². The van der Waals surface area contributed by atoms with Gasteiger partial charge in [-0.15, -0.1) is 0 Å². The van der Waals surface area contributed by atoms with Gasteiger partial charge in [-0.2, -0.15) is 5.10 Å². The first-order valence-electron chi connectivity index (χ1n) is 6.56. The molecule has 0 fully saturated rings. The Bertz CT molecular complexity index is 762. The molecular formula is C15H12ClN3O2S. The topological polar surface area (TPSA) is 67.5 Å². The summed E-state index contributed by atoms with van der Waals surface area (Å²) in [6.07, 6.45) is 0. The molecule has 0 amide bonds. The fourth-order valence-electron chi connectivity index (χ4n) is 2.18. The van der Waals surface area contributed by atoms with Gasteiger partial charge >= 0.3 is 0 Å². The molecule has 112 valence electrons. The van der Waals surface area contributed by atoms with Crippen molar-refractivity contribution < 1.29 is 4.92 Å². The molecule has 1 aliphatic rings. The number of rotatable bonds is 3. The molecule has 22 heavy (non-hydrogen) atoms. The Hall–Kier alpha value is -2.05. The third-order valence-electron chi connectivity index (χ3n) is 3.30. The Morgan fingerprint density at radius 3 is 2.68 bits per heavy atom. The molecule has 7 heteroatoms. The highest BCUT2D eigenvalue weighted by atomic mass is 35.5. The van der Waals surface area contributed by atoms with Crippen LogP contribution in [0.25, 0.3) is 0 Å². The van der Waals surface area contributed by atoms with Crippen LogP contribution in [0.2, 0.25) is 5.02 Å². The normalized spacial score (nSPS) is 17.0. The maximum Gasteiger partial charge on any atom is 0.277 e. The van der Waals surface area contributed by atoms with Crippen molar-refractivity contribution in [1.82, 2.24) is 5.43 Å². The van der Waals surface area contributed by atoms with Crippen molar-refractivity contribution in [3.05, 3.63) is 74.3 Å². The second-order valence-corrected chi connectivity index (χ2v) is 6.34. The van der Waals surface area contributed by atoms with E-state index < -0.39 is 4.92 Å². The van der Waals surface area contributed by atoms with E-state index in [1.165, 1.54) is 23.4 Å². The summed E-state index contributed by atoms with van der Waals surface area (Å²) in [5, 5.41) is 16.3. The van der Waals surface area contributed by atoms with Crippen LogP contribution < -0.4 is 5.43 Å². The molecule has 0 unspecified atom stereocenters. The lowest BCUT2D eigenvalue weighted by molar-refractivity contribution is -0.385. The molecule has 0 spiro atoms. The zero-order valence-electron chi connectivity index (χ0n) is 11.6. The number of benzene rings is 2. The Balaban J connectivity index is 1.89. The first-order chi connectivity index (χ1) is 10.6. The largest absolute Gasteiger partial charge is 0.291 e. The molecule has 0 bridgehead atoms. The summed E-state index contributed by atoms with van der Waals surface area (Å²) in [5.41, 5.74) is 5.52. The zero-order chi connectivity index (χ0) is 15.7. The molecule has 5 nitrogen and oxygen atoms in total. The van der Waals surface area contributed by atoms with Crippen LogP contribution in [-0.2, 0) is 0 Å². The van der Waals surface area contributed by atoms with Gasteiger partial charge in [-0.05, 0) is 13.0 Å². The first kappa shape index (κ1) is 14.9. The van der Waals surface area contributed by atoms with E-state index in [1.54, 1.807) is 12.1 Å². The number of aryl methyl sites for hydroxylation is 1. The highest BCUT2D eigenvalue weighted by molar-refractivity contribution is 8.14. The van der Waals surface area contributed by atoms with E-state index >= 15 is 0 Å². The van der Waals surface area contributed by atoms with Crippen molar-refractivity contribution in [2.45, 2.75) is 12.3 Å². The summed E-state index contributed by atoms with van der Waals surface area (Å²) in [4.78, 5) is 10.8. The minimum absolute atomic E-state index is 0.00199. The number of hydrogen-bond acceptors (Lipinski definition) is 5. The second kappa shape index (κ2) is 5.98. The average Bonchev–Trinajstić information content (AvgIpc) is 2.97. The van der Waals surface area contributed by atoms with Gasteiger partial charge in [0.1, 0.15) is 10.4 Å². The summed E-state index contributed by atoms with van der Waals surface area (Å²) in [7, 11) is 0. The summed E-state index contributed by atoms with van der Waals surface area (Å²) >= 11 is 7.58. The van der Waals surface area contributed by atoms with Gasteiger partial charge in [-0.1, -0.05) is 59.3 Å². The lowest BCUT2D eigenvalue weighted by Crippen LogP contribution is -2.10. The highest BCUT2D eigenvalue weighted by Crippen LogP contribution is 2.41. The number of halogens is 1. The van der Waals surface area contributed by atoms with Crippen molar-refractivity contribution in [2.75, 3.05) is 0 Å². The van der Waals surface area contributed by atoms with Gasteiger partial charge in [0, 0.05) is 11.6 Å². The molecule has 1 N–H and O–H groups in total. The first-order valence-corrected chi connectivity index (χ1v) is 7.82. The van der Waals surface area contributed by atoms with E-state index in [9.17, 15) is 10.1 Å². The number of nitrogens with zero attached hydrogens (tertiary/aromatic N) is 2. The Labute approximate surface area is 136 Å². The van der Waals surface area contributed by atoms with Crippen LogP contribution in [0.1, 0.15) is 22.1 Å². The fraction of sp³-hybridized carbons (Fsp3) is 0.133. The van der Waals surface area contributed by atoms with Gasteiger partial charge < -0.3 is 0 Å². The standard InChI is InChI=1S/C15H12ClN3O2S/c1-9-5-7-10(8-6-9)14-17-18-15(22-14)13-11(16)3-2-4-12(13)19(20)21/h2-8,15,18H,1H3/t15-/m1/s1. The van der Waals surface area contributed by atoms with E-state index in [0.717, 1.165) is 10.6 Å². The minimum Gasteiger partial charge on any atom is -0.291 e. The minimum atomic E-state index is -0.423. The van der Waals surface area contributed by atoms with E-state index in [-0.39, 0.29) is 11.1 Å². The Morgan fingerprint density at radius 1 is 1.27 bits per heavy atom. The quantitative estimate of drug-likeness (QED) is 0.673. The molecular weight excluding hydrogens is 322 g/mol. The van der Waals surface area contributed by atoms with Crippen LogP contribution in [-0.4, -0.2) is 9.97 Å². The van der Waals surface area contributed by atoms with Crippen LogP contribution in [0.5, 0.6) is 0 Å². The van der Waals surface area contributed by atoms with Crippen LogP contribution >= 0.6 is 23.4 Å². The van der Waals surface area contributed by atoms with Gasteiger partial charge in [0.25, 0.3) is 5.69 Å². The summed E-state index contributed by atoms with van der Waals surface area (Å²) in [6.45, 7) is 2.02. The van der Waals surface area contributed by atoms with Gasteiger partial charge in [0.2, 0.25) is 0 Å². The molecule has 0 aromatic heterocycles. The molecule has 0 aliphatic carbocycles. The third kappa shape index (κ3) is 2.80. The van der Waals surface area contributed by atoms with E-state index in [1.807, 2.05) is 31.2 Å². The number of nitro benzene ring substituents is 1. The maximum atomic E-state index is 11.2. The molecule has 0 radical (unpaired) electrons. The van der Waals surface area contributed by atoms with Crippen molar-refractivity contribution in [1.29, 1.82) is 0 Å². The summed E-state index contributed by atoms with van der Waals surface area (Å²) in [5.74, 6) is 0. The molecule has 1 heterocycles. The van der Waals surface area contributed by atoms with Gasteiger partial charge in [-0.3, -0.25) is 15.5 Å². The van der Waals surface area contributed by atoms with E-state index in [2.05, 4.69) is 10.5 Å². The highest BCUT2D eigenvalue weighted by Gasteiger charge is 2.30. The van der Waals surface area contributed by atoms with Crippen molar-refractivity contribution in [3.63, 3.8) is 0 Å². The monoisotopic (exact) mass is 333 g/mol. The summed E-state index contributed by atoms with van der Waals surface area (Å²) < 4.78 is 0. The van der Waals surface area contributed by atoms with Crippen LogP contribution in [0, 0.1) is 17.0 Å². The van der Waals surface area contributed by atoms with Crippen molar-refractivity contribution in [3.8, 4) is 0 Å². The lowest BCUT2D eigenvalue weighted by Gasteiger charge is -2.11. The van der Waals surface area contributed by atoms with Gasteiger partial charge in [-0.25, -0.2) is 0 Å². The second-order valence-electron chi connectivity index (χ2n) is 4.84. The number of thioether (sulfide) groups is 1. The fourth-order valence-corrected chi connectivity index (χ4v) is 3.59. The number of hydrazone groups is 1. The molecule has 1 aliphatic heterocycles. The maximum absolute atomic E-state index is 11.2. The van der Waals surface area contributed by atoms with Gasteiger partial charge in [0.05, 0.1) is 15.5 Å². The molecule has 0 saturated carbocycles. The van der Waals surface area contributed by atoms with Crippen molar-refractivity contribution in [2.24, 2.45) is 5.10 Å². The van der Waals surface area contributed by atoms with Crippen LogP contribution in [0.15, 0.2) is 47.6 Å². The van der Waals surface area contributed by atoms with E-state index in [0.29, 0.717) is 10.6 Å². The van der Waals surface area contributed by atoms with Crippen molar-refractivity contribution >= 4 is 34.1 Å². The molecule has 3 rings (SSSR count). The number of hydrogen-bond donors (Lipinski definition) is 1. The predicted molar refractivity (Wildman–Crippen MR) is 89.3 cm³/mol. The molecule has 2 aromatic carbocycles. The molecule has 0 saturated heterocycles. The third-order valence-corrected chi connectivity index (χ3v) is 4.76. The lowest BCUT2D eigenvalue weighted by atomic mass is 10.2. The van der Waals surface area contributed by atoms with Gasteiger partial charge in [0.15, 0.2) is 0 Å². The average molecular weight is 334 g/mol. The smallest absolute Gasteiger partial charge is 0.277 e. The SMILES string of the molecule is Cc1ccc(C2=NN[C@@H](c3c(Cl)cccc3[N+](=O)[O-])S2)cc1. The number of nitro groups is 1. The molecule has 1 atom stereocenters. The van der Waals surface area contributed by atoms with Crippen LogP contribution in [0.4, 0.5) is 5.69 Å². The predicted octanol–water partition coefficient (Wildman–Crippen LogP) is 4.25. The Morgan fingerprint density at radius 2 is 2.00 bits per heavy atom.